The SMILES string of the molecule is CCCOC(=O)c1ccc(Oc2c(C(F)(F)F)oc3c4c(ccc3c2=O)OCN(Cc2ccc(Cl)c(Cl)c2)C4)cc1. The Labute approximate surface area is 241 Å². The van der Waals surface area contributed by atoms with E-state index in [2.05, 4.69) is 0 Å². The first-order valence-corrected chi connectivity index (χ1v) is 13.2. The second-order valence-corrected chi connectivity index (χ2v) is 10.1. The lowest BCUT2D eigenvalue weighted by molar-refractivity contribution is -0.154. The van der Waals surface area contributed by atoms with E-state index in [0.29, 0.717) is 28.8 Å². The Balaban J connectivity index is 1.49. The minimum absolute atomic E-state index is 0.0942. The fourth-order valence-electron chi connectivity index (χ4n) is 4.33. The van der Waals surface area contributed by atoms with Gasteiger partial charge in [-0.15, -0.1) is 0 Å². The van der Waals surface area contributed by atoms with Gasteiger partial charge in [0.05, 0.1) is 33.2 Å². The molecule has 1 aromatic heterocycles. The Morgan fingerprint density at radius 1 is 1.05 bits per heavy atom. The van der Waals surface area contributed by atoms with Gasteiger partial charge in [-0.05, 0) is 60.5 Å². The highest BCUT2D eigenvalue weighted by atomic mass is 35.5. The van der Waals surface area contributed by atoms with E-state index in [1.165, 1.54) is 36.4 Å². The van der Waals surface area contributed by atoms with Crippen LogP contribution in [0.25, 0.3) is 11.0 Å². The molecule has 2 heterocycles. The van der Waals surface area contributed by atoms with Crippen molar-refractivity contribution in [2.45, 2.75) is 32.6 Å². The van der Waals surface area contributed by atoms with Crippen LogP contribution in [-0.2, 0) is 24.0 Å². The number of hydrogen-bond donors (Lipinski definition) is 0. The monoisotopic (exact) mass is 607 g/mol. The molecule has 0 saturated carbocycles. The van der Waals surface area contributed by atoms with Crippen molar-refractivity contribution in [3.8, 4) is 17.2 Å². The van der Waals surface area contributed by atoms with Gasteiger partial charge in [-0.3, -0.25) is 9.69 Å². The molecule has 0 N–H and O–H groups in total. The minimum atomic E-state index is -5.05. The molecular weight excluding hydrogens is 586 g/mol. The number of ether oxygens (including phenoxy) is 3. The van der Waals surface area contributed by atoms with Crippen molar-refractivity contribution in [3.63, 3.8) is 0 Å². The van der Waals surface area contributed by atoms with Gasteiger partial charge in [0.2, 0.25) is 11.2 Å². The summed E-state index contributed by atoms with van der Waals surface area (Å²) in [5.74, 6) is -2.98. The van der Waals surface area contributed by atoms with Crippen LogP contribution in [-0.4, -0.2) is 24.2 Å². The first-order valence-electron chi connectivity index (χ1n) is 12.5. The summed E-state index contributed by atoms with van der Waals surface area (Å²) in [6.45, 7) is 2.72. The Kier molecular flexibility index (Phi) is 8.17. The first kappa shape index (κ1) is 28.8. The summed E-state index contributed by atoms with van der Waals surface area (Å²) in [6, 6.07) is 13.2. The highest BCUT2D eigenvalue weighted by Gasteiger charge is 2.41. The molecule has 0 bridgehead atoms. The van der Waals surface area contributed by atoms with Crippen LogP contribution in [0.15, 0.2) is 63.8 Å². The average molecular weight is 608 g/mol. The molecule has 7 nitrogen and oxygen atoms in total. The van der Waals surface area contributed by atoms with Gasteiger partial charge in [0.15, 0.2) is 0 Å². The fourth-order valence-corrected chi connectivity index (χ4v) is 4.65. The van der Waals surface area contributed by atoms with Crippen molar-refractivity contribution in [1.82, 2.24) is 4.90 Å². The zero-order chi connectivity index (χ0) is 29.3. The summed E-state index contributed by atoms with van der Waals surface area (Å²) in [5, 5.41) is 0.658. The summed E-state index contributed by atoms with van der Waals surface area (Å²) in [4.78, 5) is 27.2. The standard InChI is InChI=1S/C29H22Cl2F3NO6/c1-2-11-38-28(37)17-4-6-18(7-5-17)40-26-24(36)19-8-10-23-20(25(19)41-27(26)29(32,33)34)14-35(15-39-23)13-16-3-9-21(30)22(31)12-16/h3-10,12H,2,11,13-15H2,1H3. The Morgan fingerprint density at radius 3 is 2.49 bits per heavy atom. The molecule has 0 amide bonds. The summed E-state index contributed by atoms with van der Waals surface area (Å²) in [5.41, 5.74) is 0.0289. The largest absolute Gasteiger partial charge is 0.478 e. The number of carbonyl (C=O) groups is 1. The van der Waals surface area contributed by atoms with Gasteiger partial charge in [0.25, 0.3) is 5.76 Å². The highest BCUT2D eigenvalue weighted by molar-refractivity contribution is 6.42. The second kappa shape index (κ2) is 11.6. The maximum Gasteiger partial charge on any atom is 0.453 e. The summed E-state index contributed by atoms with van der Waals surface area (Å²) >= 11 is 12.1. The number of benzene rings is 3. The molecule has 0 fully saturated rings. The predicted molar refractivity (Wildman–Crippen MR) is 146 cm³/mol. The zero-order valence-electron chi connectivity index (χ0n) is 21.5. The van der Waals surface area contributed by atoms with Crippen LogP contribution >= 0.6 is 23.2 Å². The van der Waals surface area contributed by atoms with Crippen molar-refractivity contribution >= 4 is 40.1 Å². The number of halogens is 5. The van der Waals surface area contributed by atoms with Crippen molar-refractivity contribution < 1.29 is 36.6 Å². The van der Waals surface area contributed by atoms with Crippen LogP contribution in [0.1, 0.15) is 40.6 Å². The third-order valence-corrected chi connectivity index (χ3v) is 7.00. The Hall–Kier alpha value is -3.73. The molecule has 0 spiro atoms. The average Bonchev–Trinajstić information content (AvgIpc) is 2.94. The molecule has 12 heteroatoms. The normalized spacial score (nSPS) is 13.5. The number of hydrogen-bond acceptors (Lipinski definition) is 7. The van der Waals surface area contributed by atoms with Crippen LogP contribution < -0.4 is 14.9 Å². The number of alkyl halides is 3. The van der Waals surface area contributed by atoms with E-state index in [0.717, 1.165) is 5.56 Å². The van der Waals surface area contributed by atoms with Crippen LogP contribution in [0.3, 0.4) is 0 Å². The lowest BCUT2D eigenvalue weighted by atomic mass is 10.1. The molecule has 3 aromatic carbocycles. The van der Waals surface area contributed by atoms with Crippen LogP contribution in [0.4, 0.5) is 13.2 Å². The molecule has 0 saturated heterocycles. The lowest BCUT2D eigenvalue weighted by Crippen LogP contribution is -2.32. The minimum Gasteiger partial charge on any atom is -0.478 e. The third kappa shape index (κ3) is 6.14. The van der Waals surface area contributed by atoms with Gasteiger partial charge in [-0.2, -0.15) is 13.2 Å². The summed E-state index contributed by atoms with van der Waals surface area (Å²) in [6.07, 6.45) is -4.42. The predicted octanol–water partition coefficient (Wildman–Crippen LogP) is 7.83. The maximum atomic E-state index is 14.2. The molecule has 0 atom stereocenters. The Morgan fingerprint density at radius 2 is 1.80 bits per heavy atom. The molecule has 0 unspecified atom stereocenters. The van der Waals surface area contributed by atoms with E-state index < -0.39 is 29.1 Å². The number of rotatable bonds is 7. The fraction of sp³-hybridized carbons (Fsp3) is 0.241. The van der Waals surface area contributed by atoms with Crippen molar-refractivity contribution in [3.05, 3.63) is 97.3 Å². The topological polar surface area (TPSA) is 78.2 Å². The first-order chi connectivity index (χ1) is 19.5. The zero-order valence-corrected chi connectivity index (χ0v) is 23.0. The van der Waals surface area contributed by atoms with E-state index in [1.807, 2.05) is 11.8 Å². The molecule has 1 aliphatic rings. The lowest BCUT2D eigenvalue weighted by Gasteiger charge is -2.29. The molecule has 5 rings (SSSR count). The smallest absolute Gasteiger partial charge is 0.453 e. The quantitative estimate of drug-likeness (QED) is 0.198. The summed E-state index contributed by atoms with van der Waals surface area (Å²) < 4.78 is 64.1. The van der Waals surface area contributed by atoms with E-state index in [-0.39, 0.29) is 47.7 Å². The summed E-state index contributed by atoms with van der Waals surface area (Å²) in [7, 11) is 0. The van der Waals surface area contributed by atoms with Crippen molar-refractivity contribution in [2.75, 3.05) is 13.3 Å². The van der Waals surface area contributed by atoms with Crippen LogP contribution in [0.5, 0.6) is 17.2 Å². The molecule has 41 heavy (non-hydrogen) atoms. The van der Waals surface area contributed by atoms with Gasteiger partial charge < -0.3 is 18.6 Å². The maximum absolute atomic E-state index is 14.2. The van der Waals surface area contributed by atoms with E-state index in [4.69, 9.17) is 41.8 Å². The third-order valence-electron chi connectivity index (χ3n) is 6.26. The van der Waals surface area contributed by atoms with E-state index >= 15 is 0 Å². The van der Waals surface area contributed by atoms with Crippen molar-refractivity contribution in [2.24, 2.45) is 0 Å². The Bertz CT molecular complexity index is 1670. The molecule has 214 valence electrons. The second-order valence-electron chi connectivity index (χ2n) is 9.28. The van der Waals surface area contributed by atoms with Gasteiger partial charge >= 0.3 is 12.1 Å². The number of carbonyl (C=O) groups excluding carboxylic acids is 1. The van der Waals surface area contributed by atoms with Gasteiger partial charge in [0.1, 0.15) is 23.8 Å². The molecule has 4 aromatic rings. The highest BCUT2D eigenvalue weighted by Crippen LogP contribution is 2.41. The van der Waals surface area contributed by atoms with Crippen LogP contribution in [0.2, 0.25) is 10.0 Å². The number of esters is 1. The van der Waals surface area contributed by atoms with Crippen molar-refractivity contribution in [1.29, 1.82) is 0 Å². The number of nitrogens with zero attached hydrogens (tertiary/aromatic N) is 1. The van der Waals surface area contributed by atoms with Gasteiger partial charge in [-0.1, -0.05) is 36.2 Å². The van der Waals surface area contributed by atoms with Crippen LogP contribution in [0, 0.1) is 0 Å². The van der Waals surface area contributed by atoms with Gasteiger partial charge in [0, 0.05) is 13.1 Å². The van der Waals surface area contributed by atoms with E-state index in [1.54, 1.807) is 18.2 Å². The molecular formula is C29H22Cl2F3NO6. The molecule has 1 aliphatic heterocycles. The van der Waals surface area contributed by atoms with E-state index in [9.17, 15) is 22.8 Å². The van der Waals surface area contributed by atoms with Gasteiger partial charge in [-0.25, -0.2) is 4.79 Å². The molecule has 0 radical (unpaired) electrons. The number of fused-ring (bicyclic) bond motifs is 3. The molecule has 0 aliphatic carbocycles.